The van der Waals surface area contributed by atoms with Crippen molar-refractivity contribution in [2.45, 2.75) is 0 Å². The molecule has 0 spiro atoms. The van der Waals surface area contributed by atoms with Gasteiger partial charge >= 0.3 is 0 Å². The fourth-order valence-electron chi connectivity index (χ4n) is 2.45. The van der Waals surface area contributed by atoms with Gasteiger partial charge in [0.05, 0.1) is 0 Å². The summed E-state index contributed by atoms with van der Waals surface area (Å²) < 4.78 is 0. The summed E-state index contributed by atoms with van der Waals surface area (Å²) in [6.07, 6.45) is 1.59. The van der Waals surface area contributed by atoms with Crippen molar-refractivity contribution in [2.24, 2.45) is 0 Å². The molecule has 0 aliphatic heterocycles. The van der Waals surface area contributed by atoms with Crippen molar-refractivity contribution in [2.75, 3.05) is 0 Å². The van der Waals surface area contributed by atoms with E-state index in [4.69, 9.17) is 0 Å². The standard InChI is InChI=1S/C20H14O3/c21-12-14-1-5-16(6-2-14)18-9-10-19(20(23)11-18)17-7-3-15(13-22)4-8-17/h1-13,23H. The Balaban J connectivity index is 1.95. The maximum Gasteiger partial charge on any atom is 0.150 e. The molecule has 0 saturated carbocycles. The topological polar surface area (TPSA) is 54.4 Å². The molecule has 0 heterocycles. The molecule has 3 aromatic rings. The molecule has 0 radical (unpaired) electrons. The Hall–Kier alpha value is -3.20. The number of rotatable bonds is 4. The van der Waals surface area contributed by atoms with E-state index in [2.05, 4.69) is 0 Å². The third kappa shape index (κ3) is 3.04. The third-order valence-electron chi connectivity index (χ3n) is 3.74. The molecule has 0 atom stereocenters. The molecule has 0 bridgehead atoms. The quantitative estimate of drug-likeness (QED) is 0.729. The first-order valence-electron chi connectivity index (χ1n) is 7.15. The lowest BCUT2D eigenvalue weighted by Gasteiger charge is -2.08. The van der Waals surface area contributed by atoms with E-state index in [9.17, 15) is 14.7 Å². The Kier molecular flexibility index (Phi) is 4.02. The molecule has 3 rings (SSSR count). The van der Waals surface area contributed by atoms with Gasteiger partial charge in [-0.25, -0.2) is 0 Å². The first-order valence-corrected chi connectivity index (χ1v) is 7.15. The second kappa shape index (κ2) is 6.28. The number of aromatic hydroxyl groups is 1. The summed E-state index contributed by atoms with van der Waals surface area (Å²) >= 11 is 0. The molecule has 1 N–H and O–H groups in total. The molecule has 0 aliphatic carbocycles. The molecule has 0 unspecified atom stereocenters. The van der Waals surface area contributed by atoms with Crippen LogP contribution in [-0.4, -0.2) is 17.7 Å². The van der Waals surface area contributed by atoms with Crippen LogP contribution in [0.1, 0.15) is 20.7 Å². The largest absolute Gasteiger partial charge is 0.507 e. The summed E-state index contributed by atoms with van der Waals surface area (Å²) in [4.78, 5) is 21.4. The highest BCUT2D eigenvalue weighted by molar-refractivity contribution is 5.81. The van der Waals surface area contributed by atoms with E-state index < -0.39 is 0 Å². The number of carbonyl (C=O) groups is 2. The number of hydrogen-bond acceptors (Lipinski definition) is 3. The summed E-state index contributed by atoms with van der Waals surface area (Å²) in [6, 6.07) is 19.7. The zero-order chi connectivity index (χ0) is 16.2. The molecule has 0 fully saturated rings. The summed E-state index contributed by atoms with van der Waals surface area (Å²) in [6.45, 7) is 0. The number of phenols is 1. The van der Waals surface area contributed by atoms with Crippen LogP contribution in [-0.2, 0) is 0 Å². The Labute approximate surface area is 133 Å². The van der Waals surface area contributed by atoms with Crippen molar-refractivity contribution in [3.63, 3.8) is 0 Å². The van der Waals surface area contributed by atoms with E-state index in [-0.39, 0.29) is 5.75 Å². The Morgan fingerprint density at radius 2 is 1.09 bits per heavy atom. The first-order chi connectivity index (χ1) is 11.2. The summed E-state index contributed by atoms with van der Waals surface area (Å²) in [5.74, 6) is 0.167. The van der Waals surface area contributed by atoms with Gasteiger partial charge in [0.25, 0.3) is 0 Å². The SMILES string of the molecule is O=Cc1ccc(-c2ccc(-c3ccc(C=O)cc3)c(O)c2)cc1. The second-order valence-corrected chi connectivity index (χ2v) is 5.21. The van der Waals surface area contributed by atoms with Crippen molar-refractivity contribution in [1.29, 1.82) is 0 Å². The number of phenolic OH excluding ortho intramolecular Hbond substituents is 1. The van der Waals surface area contributed by atoms with Gasteiger partial charge in [-0.2, -0.15) is 0 Å². The van der Waals surface area contributed by atoms with Crippen molar-refractivity contribution in [1.82, 2.24) is 0 Å². The van der Waals surface area contributed by atoms with Gasteiger partial charge in [-0.1, -0.05) is 60.7 Å². The molecule has 0 amide bonds. The number of carbonyl (C=O) groups excluding carboxylic acids is 2. The van der Waals surface area contributed by atoms with Crippen LogP contribution in [0.15, 0.2) is 66.7 Å². The van der Waals surface area contributed by atoms with Crippen LogP contribution in [0.2, 0.25) is 0 Å². The van der Waals surface area contributed by atoms with E-state index in [1.165, 1.54) is 0 Å². The molecule has 23 heavy (non-hydrogen) atoms. The molecule has 0 aliphatic rings. The van der Waals surface area contributed by atoms with Crippen LogP contribution in [0.5, 0.6) is 5.75 Å². The lowest BCUT2D eigenvalue weighted by Crippen LogP contribution is -1.85. The summed E-state index contributed by atoms with van der Waals surface area (Å²) in [5, 5.41) is 10.3. The van der Waals surface area contributed by atoms with Gasteiger partial charge < -0.3 is 5.11 Å². The minimum Gasteiger partial charge on any atom is -0.507 e. The van der Waals surface area contributed by atoms with Crippen molar-refractivity contribution >= 4 is 12.6 Å². The second-order valence-electron chi connectivity index (χ2n) is 5.21. The first kappa shape index (κ1) is 14.7. The van der Waals surface area contributed by atoms with Crippen LogP contribution < -0.4 is 0 Å². The average Bonchev–Trinajstić information content (AvgIpc) is 2.62. The minimum atomic E-state index is 0.167. The van der Waals surface area contributed by atoms with Gasteiger partial charge in [0.15, 0.2) is 0 Å². The van der Waals surface area contributed by atoms with Gasteiger partial charge in [0, 0.05) is 16.7 Å². The van der Waals surface area contributed by atoms with Crippen molar-refractivity contribution in [3.05, 3.63) is 77.9 Å². The highest BCUT2D eigenvalue weighted by Crippen LogP contribution is 2.33. The molecule has 3 heteroatoms. The smallest absolute Gasteiger partial charge is 0.150 e. The lowest BCUT2D eigenvalue weighted by atomic mass is 9.98. The predicted molar refractivity (Wildman–Crippen MR) is 89.8 cm³/mol. The van der Waals surface area contributed by atoms with Crippen LogP contribution in [0.3, 0.4) is 0 Å². The van der Waals surface area contributed by atoms with Gasteiger partial charge in [0.1, 0.15) is 18.3 Å². The maximum atomic E-state index is 10.7. The van der Waals surface area contributed by atoms with E-state index in [1.807, 2.05) is 24.3 Å². The fourth-order valence-corrected chi connectivity index (χ4v) is 2.45. The van der Waals surface area contributed by atoms with Gasteiger partial charge in [-0.3, -0.25) is 9.59 Å². The molecule has 0 saturated heterocycles. The number of benzene rings is 3. The fraction of sp³-hybridized carbons (Fsp3) is 0. The molecular formula is C20H14O3. The molecule has 3 nitrogen and oxygen atoms in total. The van der Waals surface area contributed by atoms with Crippen molar-refractivity contribution < 1.29 is 14.7 Å². The van der Waals surface area contributed by atoms with Gasteiger partial charge in [-0.05, 0) is 22.8 Å². The van der Waals surface area contributed by atoms with E-state index in [0.29, 0.717) is 16.7 Å². The number of hydrogen-bond donors (Lipinski definition) is 1. The highest BCUT2D eigenvalue weighted by Gasteiger charge is 2.07. The van der Waals surface area contributed by atoms with Crippen LogP contribution >= 0.6 is 0 Å². The monoisotopic (exact) mass is 302 g/mol. The Bertz CT molecular complexity index is 847. The maximum absolute atomic E-state index is 10.7. The zero-order valence-corrected chi connectivity index (χ0v) is 12.3. The van der Waals surface area contributed by atoms with Gasteiger partial charge in [-0.15, -0.1) is 0 Å². The molecular weight excluding hydrogens is 288 g/mol. The molecule has 112 valence electrons. The van der Waals surface area contributed by atoms with Crippen LogP contribution in [0, 0.1) is 0 Å². The average molecular weight is 302 g/mol. The minimum absolute atomic E-state index is 0.167. The third-order valence-corrected chi connectivity index (χ3v) is 3.74. The van der Waals surface area contributed by atoms with Crippen molar-refractivity contribution in [3.8, 4) is 28.0 Å². The normalized spacial score (nSPS) is 10.3. The lowest BCUT2D eigenvalue weighted by molar-refractivity contribution is 0.111. The molecule has 0 aromatic heterocycles. The van der Waals surface area contributed by atoms with Gasteiger partial charge in [0.2, 0.25) is 0 Å². The molecule has 3 aromatic carbocycles. The van der Waals surface area contributed by atoms with E-state index in [1.54, 1.807) is 42.5 Å². The van der Waals surface area contributed by atoms with E-state index >= 15 is 0 Å². The predicted octanol–water partition coefficient (Wildman–Crippen LogP) is 4.35. The number of aldehydes is 2. The summed E-state index contributed by atoms with van der Waals surface area (Å²) in [7, 11) is 0. The Morgan fingerprint density at radius 3 is 1.57 bits per heavy atom. The summed E-state index contributed by atoms with van der Waals surface area (Å²) in [5.41, 5.74) is 4.55. The zero-order valence-electron chi connectivity index (χ0n) is 12.3. The highest BCUT2D eigenvalue weighted by atomic mass is 16.3. The van der Waals surface area contributed by atoms with Crippen LogP contribution in [0.25, 0.3) is 22.3 Å². The Morgan fingerprint density at radius 1 is 0.609 bits per heavy atom. The van der Waals surface area contributed by atoms with Crippen LogP contribution in [0.4, 0.5) is 0 Å². The van der Waals surface area contributed by atoms with E-state index in [0.717, 1.165) is 29.3 Å².